The normalized spacial score (nSPS) is 21.3. The molecule has 2 aliphatic heterocycles. The van der Waals surface area contributed by atoms with Crippen molar-refractivity contribution in [2.75, 3.05) is 59.0 Å². The Morgan fingerprint density at radius 2 is 1.63 bits per heavy atom. The highest BCUT2D eigenvalue weighted by Crippen LogP contribution is 2.04. The average molecular weight is 267 g/mol. The Morgan fingerprint density at radius 3 is 2.21 bits per heavy atom. The van der Waals surface area contributed by atoms with E-state index in [0.29, 0.717) is 45.9 Å². The van der Waals surface area contributed by atoms with Gasteiger partial charge in [0.05, 0.1) is 19.8 Å². The van der Waals surface area contributed by atoms with E-state index in [0.717, 1.165) is 13.1 Å². The van der Waals surface area contributed by atoms with Crippen LogP contribution in [0.1, 0.15) is 0 Å². The van der Waals surface area contributed by atoms with Gasteiger partial charge in [-0.25, -0.2) is 0 Å². The molecule has 2 aliphatic rings. The van der Waals surface area contributed by atoms with E-state index < -0.39 is 0 Å². The third kappa shape index (κ3) is 3.78. The number of rotatable bonds is 3. The van der Waals surface area contributed by atoms with E-state index in [1.807, 2.05) is 4.90 Å². The van der Waals surface area contributed by atoms with Crippen LogP contribution in [-0.4, -0.2) is 85.5 Å². The molecule has 6 heteroatoms. The Morgan fingerprint density at radius 1 is 1.00 bits per heavy atom. The zero-order chi connectivity index (χ0) is 13.7. The molecule has 0 saturated carbocycles. The molecule has 2 saturated heterocycles. The summed E-state index contributed by atoms with van der Waals surface area (Å²) in [4.78, 5) is 29.2. The molecule has 0 radical (unpaired) electrons. The summed E-state index contributed by atoms with van der Waals surface area (Å²) in [7, 11) is 0. The van der Waals surface area contributed by atoms with Crippen molar-refractivity contribution in [3.05, 3.63) is 12.7 Å². The van der Waals surface area contributed by atoms with Crippen LogP contribution in [0.2, 0.25) is 0 Å². The summed E-state index contributed by atoms with van der Waals surface area (Å²) in [5, 5.41) is 0. The summed E-state index contributed by atoms with van der Waals surface area (Å²) in [6.45, 7) is 9.40. The summed E-state index contributed by atoms with van der Waals surface area (Å²) >= 11 is 0. The zero-order valence-electron chi connectivity index (χ0n) is 11.2. The van der Waals surface area contributed by atoms with Gasteiger partial charge in [-0.2, -0.15) is 0 Å². The summed E-state index contributed by atoms with van der Waals surface area (Å²) < 4.78 is 5.23. The first kappa shape index (κ1) is 14.0. The molecule has 0 atom stereocenters. The lowest BCUT2D eigenvalue weighted by molar-refractivity contribution is -0.137. The van der Waals surface area contributed by atoms with Crippen molar-refractivity contribution >= 4 is 11.8 Å². The van der Waals surface area contributed by atoms with Crippen LogP contribution in [0.4, 0.5) is 0 Å². The van der Waals surface area contributed by atoms with Crippen LogP contribution in [0, 0.1) is 0 Å². The third-order valence-corrected chi connectivity index (χ3v) is 3.58. The van der Waals surface area contributed by atoms with Crippen LogP contribution < -0.4 is 0 Å². The van der Waals surface area contributed by atoms with Crippen molar-refractivity contribution in [3.8, 4) is 0 Å². The molecule has 0 aromatic heterocycles. The zero-order valence-corrected chi connectivity index (χ0v) is 11.2. The van der Waals surface area contributed by atoms with Gasteiger partial charge in [0.25, 0.3) is 0 Å². The van der Waals surface area contributed by atoms with Crippen LogP contribution in [0.25, 0.3) is 0 Å². The minimum atomic E-state index is -0.0286. The second kappa shape index (κ2) is 6.68. The SMILES string of the molecule is C=CC(=O)N1CCN(CC(=O)N2CCOCC2)CC1. The van der Waals surface area contributed by atoms with E-state index in [1.165, 1.54) is 6.08 Å². The van der Waals surface area contributed by atoms with Crippen molar-refractivity contribution in [2.24, 2.45) is 0 Å². The Bertz CT molecular complexity index is 345. The topological polar surface area (TPSA) is 53.1 Å². The van der Waals surface area contributed by atoms with Crippen molar-refractivity contribution in [2.45, 2.75) is 0 Å². The van der Waals surface area contributed by atoms with Crippen molar-refractivity contribution in [3.63, 3.8) is 0 Å². The first-order valence-electron chi connectivity index (χ1n) is 6.70. The number of nitrogens with zero attached hydrogens (tertiary/aromatic N) is 3. The fraction of sp³-hybridized carbons (Fsp3) is 0.692. The second-order valence-electron chi connectivity index (χ2n) is 4.80. The third-order valence-electron chi connectivity index (χ3n) is 3.58. The van der Waals surface area contributed by atoms with Crippen LogP contribution in [-0.2, 0) is 14.3 Å². The number of piperazine rings is 1. The van der Waals surface area contributed by atoms with Gasteiger partial charge >= 0.3 is 0 Å². The Balaban J connectivity index is 1.74. The van der Waals surface area contributed by atoms with Gasteiger partial charge in [0.1, 0.15) is 0 Å². The van der Waals surface area contributed by atoms with Gasteiger partial charge in [0, 0.05) is 39.3 Å². The Hall–Kier alpha value is -1.40. The van der Waals surface area contributed by atoms with Gasteiger partial charge in [-0.1, -0.05) is 6.58 Å². The van der Waals surface area contributed by atoms with Gasteiger partial charge in [0.15, 0.2) is 0 Å². The molecular formula is C13H21N3O3. The van der Waals surface area contributed by atoms with Gasteiger partial charge in [-0.05, 0) is 6.08 Å². The minimum absolute atomic E-state index is 0.0286. The molecule has 6 nitrogen and oxygen atoms in total. The van der Waals surface area contributed by atoms with E-state index in [1.54, 1.807) is 4.90 Å². The van der Waals surface area contributed by atoms with Crippen molar-refractivity contribution in [1.82, 2.24) is 14.7 Å². The number of ether oxygens (including phenoxy) is 1. The van der Waals surface area contributed by atoms with Crippen LogP contribution >= 0.6 is 0 Å². The van der Waals surface area contributed by atoms with Gasteiger partial charge in [-0.15, -0.1) is 0 Å². The summed E-state index contributed by atoms with van der Waals surface area (Å²) in [6.07, 6.45) is 1.34. The van der Waals surface area contributed by atoms with E-state index in [-0.39, 0.29) is 11.8 Å². The Labute approximate surface area is 113 Å². The molecule has 0 aliphatic carbocycles. The lowest BCUT2D eigenvalue weighted by atomic mass is 10.3. The molecular weight excluding hydrogens is 246 g/mol. The molecule has 0 bridgehead atoms. The quantitative estimate of drug-likeness (QED) is 0.627. The maximum Gasteiger partial charge on any atom is 0.246 e. The van der Waals surface area contributed by atoms with E-state index in [4.69, 9.17) is 4.74 Å². The van der Waals surface area contributed by atoms with Gasteiger partial charge in [0.2, 0.25) is 11.8 Å². The molecule has 2 amide bonds. The largest absolute Gasteiger partial charge is 0.378 e. The van der Waals surface area contributed by atoms with E-state index in [9.17, 15) is 9.59 Å². The second-order valence-corrected chi connectivity index (χ2v) is 4.80. The molecule has 106 valence electrons. The summed E-state index contributed by atoms with van der Waals surface area (Å²) in [5.74, 6) is 0.131. The highest BCUT2D eigenvalue weighted by atomic mass is 16.5. The highest BCUT2D eigenvalue weighted by molar-refractivity contribution is 5.87. The van der Waals surface area contributed by atoms with Crippen LogP contribution in [0.15, 0.2) is 12.7 Å². The Kier molecular flexibility index (Phi) is 4.93. The van der Waals surface area contributed by atoms with Crippen molar-refractivity contribution < 1.29 is 14.3 Å². The smallest absolute Gasteiger partial charge is 0.246 e. The van der Waals surface area contributed by atoms with Crippen molar-refractivity contribution in [1.29, 1.82) is 0 Å². The predicted molar refractivity (Wildman–Crippen MR) is 70.6 cm³/mol. The molecule has 0 aromatic rings. The first-order valence-corrected chi connectivity index (χ1v) is 6.70. The number of carbonyl (C=O) groups excluding carboxylic acids is 2. The average Bonchev–Trinajstić information content (AvgIpc) is 2.48. The van der Waals surface area contributed by atoms with E-state index in [2.05, 4.69) is 11.5 Å². The molecule has 0 unspecified atom stereocenters. The number of amides is 2. The molecule has 0 aromatic carbocycles. The fourth-order valence-electron chi connectivity index (χ4n) is 2.36. The molecule has 2 heterocycles. The van der Waals surface area contributed by atoms with Gasteiger partial charge in [-0.3, -0.25) is 14.5 Å². The van der Waals surface area contributed by atoms with Crippen LogP contribution in [0.5, 0.6) is 0 Å². The molecule has 2 rings (SSSR count). The number of morpholine rings is 1. The highest BCUT2D eigenvalue weighted by Gasteiger charge is 2.23. The number of hydrogen-bond acceptors (Lipinski definition) is 4. The standard InChI is InChI=1S/C13H21N3O3/c1-2-12(17)15-5-3-14(4-6-15)11-13(18)16-7-9-19-10-8-16/h2H,1,3-11H2. The summed E-state index contributed by atoms with van der Waals surface area (Å²) in [6, 6.07) is 0. The first-order chi connectivity index (χ1) is 9.20. The maximum atomic E-state index is 12.1. The fourth-order valence-corrected chi connectivity index (χ4v) is 2.36. The maximum absolute atomic E-state index is 12.1. The molecule has 0 spiro atoms. The lowest BCUT2D eigenvalue weighted by Crippen LogP contribution is -2.52. The molecule has 0 N–H and O–H groups in total. The summed E-state index contributed by atoms with van der Waals surface area (Å²) in [5.41, 5.74) is 0. The lowest BCUT2D eigenvalue weighted by Gasteiger charge is -2.35. The molecule has 19 heavy (non-hydrogen) atoms. The van der Waals surface area contributed by atoms with Gasteiger partial charge < -0.3 is 14.5 Å². The predicted octanol–water partition coefficient (Wildman–Crippen LogP) is -0.825. The van der Waals surface area contributed by atoms with Crippen LogP contribution in [0.3, 0.4) is 0 Å². The van der Waals surface area contributed by atoms with E-state index >= 15 is 0 Å². The monoisotopic (exact) mass is 267 g/mol. The minimum Gasteiger partial charge on any atom is -0.378 e. The number of carbonyl (C=O) groups is 2. The number of hydrogen-bond donors (Lipinski definition) is 0. The molecule has 2 fully saturated rings.